The van der Waals surface area contributed by atoms with Gasteiger partial charge in [0.25, 0.3) is 0 Å². The van der Waals surface area contributed by atoms with Crippen LogP contribution in [0.3, 0.4) is 0 Å². The zero-order valence-electron chi connectivity index (χ0n) is 15.3. The van der Waals surface area contributed by atoms with E-state index in [2.05, 4.69) is 35.6 Å². The van der Waals surface area contributed by atoms with Gasteiger partial charge in [-0.3, -0.25) is 0 Å². The summed E-state index contributed by atoms with van der Waals surface area (Å²) in [6.07, 6.45) is 3.04. The summed E-state index contributed by atoms with van der Waals surface area (Å²) < 4.78 is 11.3. The largest absolute Gasteiger partial charge is 0.486 e. The minimum atomic E-state index is 0.0517. The Kier molecular flexibility index (Phi) is 4.15. The van der Waals surface area contributed by atoms with Crippen LogP contribution in [0.5, 0.6) is 11.5 Å². The van der Waals surface area contributed by atoms with Crippen LogP contribution in [-0.4, -0.2) is 36.7 Å². The first-order valence-electron chi connectivity index (χ1n) is 9.81. The number of hydrogen-bond donors (Lipinski definition) is 1. The summed E-state index contributed by atoms with van der Waals surface area (Å²) in [7, 11) is 0. The van der Waals surface area contributed by atoms with Gasteiger partial charge in [-0.2, -0.15) is 0 Å². The molecular weight excluding hydrogens is 340 g/mol. The van der Waals surface area contributed by atoms with Crippen LogP contribution in [-0.2, 0) is 0 Å². The monoisotopic (exact) mass is 364 g/mol. The van der Waals surface area contributed by atoms with Crippen LogP contribution >= 0.6 is 0 Å². The first-order chi connectivity index (χ1) is 13.3. The average molecular weight is 364 g/mol. The van der Waals surface area contributed by atoms with Gasteiger partial charge in [-0.15, -0.1) is 0 Å². The molecule has 5 heteroatoms. The number of carbonyl (C=O) groups excluding carboxylic acids is 1. The normalized spacial score (nSPS) is 25.9. The molecule has 2 fully saturated rings. The Labute approximate surface area is 159 Å². The highest BCUT2D eigenvalue weighted by Gasteiger charge is 2.41. The van der Waals surface area contributed by atoms with E-state index in [1.807, 2.05) is 23.1 Å². The van der Waals surface area contributed by atoms with Gasteiger partial charge >= 0.3 is 6.03 Å². The number of benzene rings is 2. The van der Waals surface area contributed by atoms with Crippen LogP contribution in [0.2, 0.25) is 0 Å². The standard InChI is InChI=1S/C22H24N2O3/c25-22(23-18-14-17(18)15-5-2-1-3-6-15)24-10-4-7-19(24)16-8-9-20-21(13-16)27-12-11-26-20/h1-3,5-6,8-9,13,17-19H,4,7,10-12,14H2,(H,23,25)/t17-,18+,19-/m0/s1. The van der Waals surface area contributed by atoms with Crippen LogP contribution in [0, 0.1) is 0 Å². The second kappa shape index (κ2) is 6.80. The van der Waals surface area contributed by atoms with Gasteiger partial charge in [0.2, 0.25) is 0 Å². The first-order valence-corrected chi connectivity index (χ1v) is 9.81. The third-order valence-electron chi connectivity index (χ3n) is 5.79. The molecule has 0 unspecified atom stereocenters. The van der Waals surface area contributed by atoms with E-state index in [0.29, 0.717) is 19.1 Å². The lowest BCUT2D eigenvalue weighted by Crippen LogP contribution is -2.40. The number of nitrogens with one attached hydrogen (secondary N) is 1. The maximum Gasteiger partial charge on any atom is 0.318 e. The van der Waals surface area contributed by atoms with E-state index < -0.39 is 0 Å². The first kappa shape index (κ1) is 16.5. The lowest BCUT2D eigenvalue weighted by molar-refractivity contribution is 0.170. The Bertz CT molecular complexity index is 839. The molecule has 2 aromatic carbocycles. The Morgan fingerprint density at radius 2 is 1.81 bits per heavy atom. The molecule has 3 aliphatic rings. The number of rotatable bonds is 3. The minimum Gasteiger partial charge on any atom is -0.486 e. The SMILES string of the molecule is O=C(N[C@@H]1C[C@H]1c1ccccc1)N1CCC[C@H]1c1ccc2c(c1)OCCO2. The van der Waals surface area contributed by atoms with E-state index in [0.717, 1.165) is 42.9 Å². The topological polar surface area (TPSA) is 50.8 Å². The van der Waals surface area contributed by atoms with Crippen LogP contribution in [0.15, 0.2) is 48.5 Å². The number of urea groups is 1. The molecule has 2 amide bonds. The van der Waals surface area contributed by atoms with E-state index in [4.69, 9.17) is 9.47 Å². The molecule has 1 N–H and O–H groups in total. The van der Waals surface area contributed by atoms with Crippen molar-refractivity contribution in [1.82, 2.24) is 10.2 Å². The van der Waals surface area contributed by atoms with Crippen molar-refractivity contribution in [2.45, 2.75) is 37.3 Å². The van der Waals surface area contributed by atoms with Crippen LogP contribution in [0.25, 0.3) is 0 Å². The van der Waals surface area contributed by atoms with Crippen molar-refractivity contribution < 1.29 is 14.3 Å². The lowest BCUT2D eigenvalue weighted by atomic mass is 10.0. The van der Waals surface area contributed by atoms with E-state index in [1.165, 1.54) is 5.56 Å². The summed E-state index contributed by atoms with van der Waals surface area (Å²) in [6, 6.07) is 16.9. The fraction of sp³-hybridized carbons (Fsp3) is 0.409. The molecule has 1 saturated carbocycles. The zero-order chi connectivity index (χ0) is 18.2. The second-order valence-corrected chi connectivity index (χ2v) is 7.56. The molecule has 2 heterocycles. The Morgan fingerprint density at radius 3 is 2.67 bits per heavy atom. The highest BCUT2D eigenvalue weighted by atomic mass is 16.6. The minimum absolute atomic E-state index is 0.0517. The summed E-state index contributed by atoms with van der Waals surface area (Å²) in [4.78, 5) is 14.9. The smallest absolute Gasteiger partial charge is 0.318 e. The Hall–Kier alpha value is -2.69. The summed E-state index contributed by atoms with van der Waals surface area (Å²) in [5.41, 5.74) is 2.44. The Balaban J connectivity index is 1.27. The lowest BCUT2D eigenvalue weighted by Gasteiger charge is -2.27. The summed E-state index contributed by atoms with van der Waals surface area (Å²) in [6.45, 7) is 1.97. The molecule has 5 rings (SSSR count). The molecule has 0 aromatic heterocycles. The molecule has 0 radical (unpaired) electrons. The van der Waals surface area contributed by atoms with Gasteiger partial charge in [0, 0.05) is 18.5 Å². The quantitative estimate of drug-likeness (QED) is 0.900. The number of amides is 2. The number of ether oxygens (including phenoxy) is 2. The molecule has 1 saturated heterocycles. The molecule has 27 heavy (non-hydrogen) atoms. The van der Waals surface area contributed by atoms with Crippen molar-refractivity contribution in [1.29, 1.82) is 0 Å². The number of fused-ring (bicyclic) bond motifs is 1. The molecule has 3 atom stereocenters. The molecular formula is C22H24N2O3. The summed E-state index contributed by atoms with van der Waals surface area (Å²) in [5, 5.41) is 3.24. The maximum absolute atomic E-state index is 12.9. The van der Waals surface area contributed by atoms with Gasteiger partial charge in [0.05, 0.1) is 6.04 Å². The van der Waals surface area contributed by atoms with Gasteiger partial charge in [0.1, 0.15) is 13.2 Å². The number of nitrogens with zero attached hydrogens (tertiary/aromatic N) is 1. The second-order valence-electron chi connectivity index (χ2n) is 7.56. The van der Waals surface area contributed by atoms with Gasteiger partial charge in [-0.1, -0.05) is 36.4 Å². The Morgan fingerprint density at radius 1 is 1.00 bits per heavy atom. The molecule has 2 aromatic rings. The van der Waals surface area contributed by atoms with Crippen molar-refractivity contribution in [3.05, 3.63) is 59.7 Å². The fourth-order valence-corrected chi connectivity index (χ4v) is 4.29. The van der Waals surface area contributed by atoms with Gasteiger partial charge < -0.3 is 19.7 Å². The highest BCUT2D eigenvalue weighted by Crippen LogP contribution is 2.42. The number of hydrogen-bond acceptors (Lipinski definition) is 3. The predicted octanol–water partition coefficient (Wildman–Crippen LogP) is 3.86. The summed E-state index contributed by atoms with van der Waals surface area (Å²) in [5.74, 6) is 2.03. The van der Waals surface area contributed by atoms with Crippen LogP contribution in [0.1, 0.15) is 42.3 Å². The average Bonchev–Trinajstić information content (AvgIpc) is 3.30. The molecule has 1 aliphatic carbocycles. The van der Waals surface area contributed by atoms with Gasteiger partial charge in [-0.25, -0.2) is 4.79 Å². The van der Waals surface area contributed by atoms with Crippen molar-refractivity contribution >= 4 is 6.03 Å². The third-order valence-corrected chi connectivity index (χ3v) is 5.79. The van der Waals surface area contributed by atoms with E-state index in [-0.39, 0.29) is 18.1 Å². The molecule has 0 spiro atoms. The molecule has 140 valence electrons. The van der Waals surface area contributed by atoms with Gasteiger partial charge in [0.15, 0.2) is 11.5 Å². The van der Waals surface area contributed by atoms with Crippen LogP contribution in [0.4, 0.5) is 4.79 Å². The van der Waals surface area contributed by atoms with Crippen molar-refractivity contribution in [3.8, 4) is 11.5 Å². The highest BCUT2D eigenvalue weighted by molar-refractivity contribution is 5.76. The summed E-state index contributed by atoms with van der Waals surface area (Å²) >= 11 is 0. The maximum atomic E-state index is 12.9. The van der Waals surface area contributed by atoms with E-state index in [9.17, 15) is 4.79 Å². The third kappa shape index (κ3) is 3.22. The zero-order valence-corrected chi connectivity index (χ0v) is 15.3. The number of likely N-dealkylation sites (tertiary alicyclic amines) is 1. The van der Waals surface area contributed by atoms with Crippen molar-refractivity contribution in [3.63, 3.8) is 0 Å². The van der Waals surface area contributed by atoms with Crippen molar-refractivity contribution in [2.24, 2.45) is 0 Å². The van der Waals surface area contributed by atoms with Crippen molar-refractivity contribution in [2.75, 3.05) is 19.8 Å². The predicted molar refractivity (Wildman–Crippen MR) is 102 cm³/mol. The number of carbonyl (C=O) groups is 1. The fourth-order valence-electron chi connectivity index (χ4n) is 4.29. The molecule has 0 bridgehead atoms. The van der Waals surface area contributed by atoms with E-state index >= 15 is 0 Å². The van der Waals surface area contributed by atoms with Gasteiger partial charge in [-0.05, 0) is 42.5 Å². The molecule has 5 nitrogen and oxygen atoms in total. The van der Waals surface area contributed by atoms with E-state index in [1.54, 1.807) is 0 Å². The van der Waals surface area contributed by atoms with Crippen LogP contribution < -0.4 is 14.8 Å². The molecule has 2 aliphatic heterocycles.